The number of H-pyrrole nitrogens is 1. The molecule has 2 rings (SSSR count). The molecule has 1 aromatic heterocycles. The SMILES string of the molecule is Cc1cccc2cc(C(=O)NCC(O)C(F)F)[nH]c12. The number of aromatic nitrogens is 1. The van der Waals surface area contributed by atoms with Crippen LogP contribution in [0.5, 0.6) is 0 Å². The number of aliphatic hydroxyl groups excluding tert-OH is 1. The summed E-state index contributed by atoms with van der Waals surface area (Å²) in [5.41, 5.74) is 2.11. The normalized spacial score (nSPS) is 12.9. The van der Waals surface area contributed by atoms with Crippen molar-refractivity contribution in [3.05, 3.63) is 35.5 Å². The zero-order valence-electron chi connectivity index (χ0n) is 10.3. The highest BCUT2D eigenvalue weighted by atomic mass is 19.3. The molecule has 3 N–H and O–H groups in total. The van der Waals surface area contributed by atoms with Gasteiger partial charge in [-0.2, -0.15) is 0 Å². The van der Waals surface area contributed by atoms with Gasteiger partial charge in [0.15, 0.2) is 0 Å². The summed E-state index contributed by atoms with van der Waals surface area (Å²) in [7, 11) is 0. The molecule has 1 atom stereocenters. The Bertz CT molecular complexity index is 595. The molecule has 4 nitrogen and oxygen atoms in total. The number of benzene rings is 1. The lowest BCUT2D eigenvalue weighted by Crippen LogP contribution is -2.35. The number of aromatic amines is 1. The van der Waals surface area contributed by atoms with Crippen LogP contribution in [-0.4, -0.2) is 35.1 Å². The average molecular weight is 268 g/mol. The van der Waals surface area contributed by atoms with Crippen LogP contribution in [0.4, 0.5) is 8.78 Å². The van der Waals surface area contributed by atoms with Gasteiger partial charge < -0.3 is 15.4 Å². The summed E-state index contributed by atoms with van der Waals surface area (Å²) in [6.45, 7) is 1.42. The number of hydrogen-bond donors (Lipinski definition) is 3. The van der Waals surface area contributed by atoms with Gasteiger partial charge in [0.1, 0.15) is 11.8 Å². The smallest absolute Gasteiger partial charge is 0.267 e. The summed E-state index contributed by atoms with van der Waals surface area (Å²) >= 11 is 0. The third-order valence-electron chi connectivity index (χ3n) is 2.87. The summed E-state index contributed by atoms with van der Waals surface area (Å²) in [5, 5.41) is 12.1. The zero-order valence-corrected chi connectivity index (χ0v) is 10.3. The minimum absolute atomic E-state index is 0.283. The molecule has 2 aromatic rings. The van der Waals surface area contributed by atoms with Gasteiger partial charge in [-0.05, 0) is 18.6 Å². The van der Waals surface area contributed by atoms with Gasteiger partial charge in [-0.3, -0.25) is 4.79 Å². The van der Waals surface area contributed by atoms with E-state index in [1.807, 2.05) is 25.1 Å². The maximum Gasteiger partial charge on any atom is 0.267 e. The lowest BCUT2D eigenvalue weighted by Gasteiger charge is -2.09. The second-order valence-electron chi connectivity index (χ2n) is 4.33. The van der Waals surface area contributed by atoms with Crippen LogP contribution >= 0.6 is 0 Å². The van der Waals surface area contributed by atoms with Crippen LogP contribution in [0.3, 0.4) is 0 Å². The third kappa shape index (κ3) is 2.90. The summed E-state index contributed by atoms with van der Waals surface area (Å²) in [6, 6.07) is 7.27. The topological polar surface area (TPSA) is 65.1 Å². The second kappa shape index (κ2) is 5.36. The molecule has 0 fully saturated rings. The summed E-state index contributed by atoms with van der Waals surface area (Å²) < 4.78 is 24.2. The Labute approximate surface area is 108 Å². The number of halogens is 2. The number of carbonyl (C=O) groups is 1. The van der Waals surface area contributed by atoms with Crippen molar-refractivity contribution in [3.63, 3.8) is 0 Å². The van der Waals surface area contributed by atoms with Gasteiger partial charge in [0.2, 0.25) is 0 Å². The minimum Gasteiger partial charge on any atom is -0.385 e. The Morgan fingerprint density at radius 3 is 2.84 bits per heavy atom. The van der Waals surface area contributed by atoms with Gasteiger partial charge in [-0.15, -0.1) is 0 Å². The molecule has 102 valence electrons. The second-order valence-corrected chi connectivity index (χ2v) is 4.33. The number of aliphatic hydroxyl groups is 1. The van der Waals surface area contributed by atoms with Gasteiger partial charge >= 0.3 is 0 Å². The largest absolute Gasteiger partial charge is 0.385 e. The van der Waals surface area contributed by atoms with Gasteiger partial charge in [0.25, 0.3) is 12.3 Å². The van der Waals surface area contributed by atoms with Crippen molar-refractivity contribution in [2.24, 2.45) is 0 Å². The first-order chi connectivity index (χ1) is 8.99. The van der Waals surface area contributed by atoms with Crippen molar-refractivity contribution in [1.29, 1.82) is 0 Å². The van der Waals surface area contributed by atoms with E-state index in [1.165, 1.54) is 0 Å². The Morgan fingerprint density at radius 2 is 2.21 bits per heavy atom. The summed E-state index contributed by atoms with van der Waals surface area (Å²) in [5.74, 6) is -0.518. The van der Waals surface area contributed by atoms with E-state index in [0.717, 1.165) is 16.5 Å². The zero-order chi connectivity index (χ0) is 14.0. The molecule has 0 spiro atoms. The number of para-hydroxylation sites is 1. The highest BCUT2D eigenvalue weighted by molar-refractivity contribution is 5.98. The van der Waals surface area contributed by atoms with E-state index in [9.17, 15) is 13.6 Å². The molecule has 19 heavy (non-hydrogen) atoms. The first kappa shape index (κ1) is 13.5. The van der Waals surface area contributed by atoms with Crippen LogP contribution < -0.4 is 5.32 Å². The number of aryl methyl sites for hydroxylation is 1. The number of hydrogen-bond acceptors (Lipinski definition) is 2. The Kier molecular flexibility index (Phi) is 3.80. The molecule has 0 bridgehead atoms. The number of rotatable bonds is 4. The van der Waals surface area contributed by atoms with E-state index in [-0.39, 0.29) is 5.69 Å². The van der Waals surface area contributed by atoms with Crippen molar-refractivity contribution in [2.45, 2.75) is 19.5 Å². The van der Waals surface area contributed by atoms with Crippen LogP contribution in [0.25, 0.3) is 10.9 Å². The van der Waals surface area contributed by atoms with E-state index >= 15 is 0 Å². The van der Waals surface area contributed by atoms with E-state index in [4.69, 9.17) is 5.11 Å². The molecule has 0 saturated heterocycles. The van der Waals surface area contributed by atoms with Crippen molar-refractivity contribution in [2.75, 3.05) is 6.54 Å². The molecular weight excluding hydrogens is 254 g/mol. The number of amides is 1. The molecule has 1 heterocycles. The first-order valence-electron chi connectivity index (χ1n) is 5.82. The third-order valence-corrected chi connectivity index (χ3v) is 2.87. The summed E-state index contributed by atoms with van der Waals surface area (Å²) in [4.78, 5) is 14.7. The average Bonchev–Trinajstić information content (AvgIpc) is 2.80. The number of nitrogens with one attached hydrogen (secondary N) is 2. The maximum absolute atomic E-state index is 12.1. The maximum atomic E-state index is 12.1. The van der Waals surface area contributed by atoms with E-state index in [1.54, 1.807) is 6.07 Å². The molecule has 0 aliphatic heterocycles. The van der Waals surface area contributed by atoms with Crippen molar-refractivity contribution in [1.82, 2.24) is 10.3 Å². The van der Waals surface area contributed by atoms with Gasteiger partial charge in [0.05, 0.1) is 0 Å². The van der Waals surface area contributed by atoms with Crippen LogP contribution in [0.2, 0.25) is 0 Å². The lowest BCUT2D eigenvalue weighted by molar-refractivity contribution is -0.00272. The van der Waals surface area contributed by atoms with E-state index in [2.05, 4.69) is 10.3 Å². The fourth-order valence-corrected chi connectivity index (χ4v) is 1.81. The molecule has 0 aliphatic rings. The van der Waals surface area contributed by atoms with Crippen LogP contribution in [0, 0.1) is 6.92 Å². The Morgan fingerprint density at radius 1 is 1.47 bits per heavy atom. The highest BCUT2D eigenvalue weighted by Crippen LogP contribution is 2.18. The van der Waals surface area contributed by atoms with Gasteiger partial charge in [0, 0.05) is 17.4 Å². The molecule has 0 saturated carbocycles. The number of fused-ring (bicyclic) bond motifs is 1. The fraction of sp³-hybridized carbons (Fsp3) is 0.308. The lowest BCUT2D eigenvalue weighted by atomic mass is 10.2. The summed E-state index contributed by atoms with van der Waals surface area (Å²) in [6.07, 6.45) is -4.72. The predicted molar refractivity (Wildman–Crippen MR) is 67.4 cm³/mol. The van der Waals surface area contributed by atoms with Crippen LogP contribution in [0.15, 0.2) is 24.3 Å². The molecule has 1 aromatic carbocycles. The highest BCUT2D eigenvalue weighted by Gasteiger charge is 2.18. The number of alkyl halides is 2. The molecule has 1 unspecified atom stereocenters. The quantitative estimate of drug-likeness (QED) is 0.792. The van der Waals surface area contributed by atoms with Crippen molar-refractivity contribution in [3.8, 4) is 0 Å². The Hall–Kier alpha value is -1.95. The van der Waals surface area contributed by atoms with E-state index < -0.39 is 25.0 Å². The van der Waals surface area contributed by atoms with Gasteiger partial charge in [-0.1, -0.05) is 18.2 Å². The molecule has 0 aliphatic carbocycles. The van der Waals surface area contributed by atoms with Crippen molar-refractivity contribution < 1.29 is 18.7 Å². The first-order valence-corrected chi connectivity index (χ1v) is 5.82. The standard InChI is InChI=1S/C13H14F2N2O2/c1-7-3-2-4-8-5-9(17-11(7)8)13(19)16-6-10(18)12(14)15/h2-5,10,12,17-18H,6H2,1H3,(H,16,19). The predicted octanol–water partition coefficient (Wildman–Crippen LogP) is 1.83. The fourth-order valence-electron chi connectivity index (χ4n) is 1.81. The Balaban J connectivity index is 2.12. The van der Waals surface area contributed by atoms with Crippen LogP contribution in [-0.2, 0) is 0 Å². The monoisotopic (exact) mass is 268 g/mol. The molecular formula is C13H14F2N2O2. The van der Waals surface area contributed by atoms with E-state index in [0.29, 0.717) is 0 Å². The van der Waals surface area contributed by atoms with Crippen LogP contribution in [0.1, 0.15) is 16.1 Å². The molecule has 0 radical (unpaired) electrons. The number of carbonyl (C=O) groups excluding carboxylic acids is 1. The molecule has 6 heteroatoms. The van der Waals surface area contributed by atoms with Gasteiger partial charge in [-0.25, -0.2) is 8.78 Å². The minimum atomic E-state index is -2.87. The van der Waals surface area contributed by atoms with Crippen molar-refractivity contribution >= 4 is 16.8 Å². The molecule has 1 amide bonds.